The maximum atomic E-state index is 5.38. The molecule has 1 rings (SSSR count). The zero-order valence-electron chi connectivity index (χ0n) is 7.13. The molecule has 2 atom stereocenters. The number of nitrogens with zero attached hydrogens (tertiary/aromatic N) is 1. The Morgan fingerprint density at radius 3 is 2.10 bits per heavy atom. The molecule has 0 spiro atoms. The van der Waals surface area contributed by atoms with Crippen LogP contribution in [0.5, 0.6) is 0 Å². The number of ether oxygens (including phenoxy) is 1. The molecule has 60 valence electrons. The van der Waals surface area contributed by atoms with Crippen LogP contribution in [-0.4, -0.2) is 36.7 Å². The maximum Gasteiger partial charge on any atom is 0.0620 e. The topological polar surface area (TPSA) is 12.5 Å². The summed E-state index contributed by atoms with van der Waals surface area (Å²) in [5, 5.41) is 0. The van der Waals surface area contributed by atoms with E-state index in [9.17, 15) is 0 Å². The number of rotatable bonds is 1. The second-order valence-electron chi connectivity index (χ2n) is 3.07. The molecule has 1 fully saturated rings. The first-order chi connectivity index (χ1) is 4.75. The molecule has 0 radical (unpaired) electrons. The van der Waals surface area contributed by atoms with Crippen LogP contribution in [-0.2, 0) is 4.74 Å². The summed E-state index contributed by atoms with van der Waals surface area (Å²) in [4.78, 5) is 2.48. The van der Waals surface area contributed by atoms with Crippen molar-refractivity contribution in [3.05, 3.63) is 0 Å². The standard InChI is InChI=1S/C8H17NO/c1-4-9-7(2)5-10-6-8(9)3/h7-8H,4-6H2,1-3H3/t7-,8+. The predicted molar refractivity (Wildman–Crippen MR) is 42.1 cm³/mol. The highest BCUT2D eigenvalue weighted by Crippen LogP contribution is 2.11. The van der Waals surface area contributed by atoms with Gasteiger partial charge >= 0.3 is 0 Å². The second-order valence-corrected chi connectivity index (χ2v) is 3.07. The van der Waals surface area contributed by atoms with E-state index in [0.29, 0.717) is 12.1 Å². The van der Waals surface area contributed by atoms with Gasteiger partial charge in [0.1, 0.15) is 0 Å². The fraction of sp³-hybridized carbons (Fsp3) is 1.00. The molecular formula is C8H17NO. The van der Waals surface area contributed by atoms with Crippen molar-refractivity contribution in [2.75, 3.05) is 19.8 Å². The van der Waals surface area contributed by atoms with E-state index in [1.807, 2.05) is 0 Å². The van der Waals surface area contributed by atoms with Gasteiger partial charge in [0.25, 0.3) is 0 Å². The minimum Gasteiger partial charge on any atom is -0.378 e. The van der Waals surface area contributed by atoms with Crippen LogP contribution in [0.25, 0.3) is 0 Å². The molecule has 0 amide bonds. The highest BCUT2D eigenvalue weighted by Gasteiger charge is 2.22. The van der Waals surface area contributed by atoms with E-state index >= 15 is 0 Å². The number of morpholine rings is 1. The fourth-order valence-corrected chi connectivity index (χ4v) is 1.66. The number of hydrogen-bond donors (Lipinski definition) is 0. The van der Waals surface area contributed by atoms with Gasteiger partial charge in [-0.25, -0.2) is 0 Å². The summed E-state index contributed by atoms with van der Waals surface area (Å²) in [6.45, 7) is 9.60. The lowest BCUT2D eigenvalue weighted by atomic mass is 10.2. The monoisotopic (exact) mass is 143 g/mol. The average molecular weight is 143 g/mol. The van der Waals surface area contributed by atoms with Gasteiger partial charge in [0.2, 0.25) is 0 Å². The highest BCUT2D eigenvalue weighted by atomic mass is 16.5. The van der Waals surface area contributed by atoms with Crippen LogP contribution in [0.3, 0.4) is 0 Å². The normalized spacial score (nSPS) is 36.3. The average Bonchev–Trinajstić information content (AvgIpc) is 1.88. The van der Waals surface area contributed by atoms with Crippen LogP contribution in [0.1, 0.15) is 20.8 Å². The first-order valence-electron chi connectivity index (χ1n) is 4.09. The molecule has 0 aromatic rings. The number of likely N-dealkylation sites (N-methyl/N-ethyl adjacent to an activating group) is 1. The molecule has 0 bridgehead atoms. The fourth-order valence-electron chi connectivity index (χ4n) is 1.66. The van der Waals surface area contributed by atoms with Crippen LogP contribution < -0.4 is 0 Å². The van der Waals surface area contributed by atoms with Gasteiger partial charge in [-0.3, -0.25) is 4.90 Å². The van der Waals surface area contributed by atoms with E-state index in [1.165, 1.54) is 0 Å². The Hall–Kier alpha value is -0.0800. The minimum absolute atomic E-state index is 0.605. The third-order valence-corrected chi connectivity index (χ3v) is 2.22. The van der Waals surface area contributed by atoms with E-state index in [-0.39, 0.29) is 0 Å². The molecule has 10 heavy (non-hydrogen) atoms. The molecule has 0 unspecified atom stereocenters. The first kappa shape index (κ1) is 8.02. The zero-order valence-corrected chi connectivity index (χ0v) is 7.13. The molecule has 2 heteroatoms. The third-order valence-electron chi connectivity index (χ3n) is 2.22. The van der Waals surface area contributed by atoms with Crippen molar-refractivity contribution in [3.8, 4) is 0 Å². The molecule has 0 aromatic carbocycles. The van der Waals surface area contributed by atoms with Gasteiger partial charge in [-0.1, -0.05) is 6.92 Å². The van der Waals surface area contributed by atoms with E-state index < -0.39 is 0 Å². The largest absolute Gasteiger partial charge is 0.378 e. The van der Waals surface area contributed by atoms with Crippen LogP contribution >= 0.6 is 0 Å². The van der Waals surface area contributed by atoms with Crippen LogP contribution in [0.4, 0.5) is 0 Å². The Morgan fingerprint density at radius 2 is 1.80 bits per heavy atom. The molecule has 1 aliphatic heterocycles. The smallest absolute Gasteiger partial charge is 0.0620 e. The maximum absolute atomic E-state index is 5.38. The summed E-state index contributed by atoms with van der Waals surface area (Å²) in [5.74, 6) is 0. The predicted octanol–water partition coefficient (Wildman–Crippen LogP) is 1.12. The molecule has 0 saturated carbocycles. The van der Waals surface area contributed by atoms with Gasteiger partial charge in [-0.2, -0.15) is 0 Å². The van der Waals surface area contributed by atoms with Gasteiger partial charge in [0.05, 0.1) is 13.2 Å². The molecule has 0 aromatic heterocycles. The molecule has 0 N–H and O–H groups in total. The first-order valence-corrected chi connectivity index (χ1v) is 4.09. The Kier molecular flexibility index (Phi) is 2.69. The van der Waals surface area contributed by atoms with E-state index in [4.69, 9.17) is 4.74 Å². The van der Waals surface area contributed by atoms with Gasteiger partial charge < -0.3 is 4.74 Å². The molecule has 0 aliphatic carbocycles. The van der Waals surface area contributed by atoms with Crippen molar-refractivity contribution < 1.29 is 4.74 Å². The molecule has 2 nitrogen and oxygen atoms in total. The third kappa shape index (κ3) is 1.50. The van der Waals surface area contributed by atoms with Crippen LogP contribution in [0.15, 0.2) is 0 Å². The molecule has 1 heterocycles. The van der Waals surface area contributed by atoms with Gasteiger partial charge in [-0.15, -0.1) is 0 Å². The van der Waals surface area contributed by atoms with Gasteiger partial charge in [0, 0.05) is 12.1 Å². The molecule has 1 aliphatic rings. The van der Waals surface area contributed by atoms with E-state index in [2.05, 4.69) is 25.7 Å². The van der Waals surface area contributed by atoms with Crippen molar-refractivity contribution in [3.63, 3.8) is 0 Å². The van der Waals surface area contributed by atoms with E-state index in [0.717, 1.165) is 19.8 Å². The summed E-state index contributed by atoms with van der Waals surface area (Å²) >= 11 is 0. The van der Waals surface area contributed by atoms with E-state index in [1.54, 1.807) is 0 Å². The van der Waals surface area contributed by atoms with Crippen molar-refractivity contribution in [1.29, 1.82) is 0 Å². The summed E-state index contributed by atoms with van der Waals surface area (Å²) in [7, 11) is 0. The van der Waals surface area contributed by atoms with Crippen molar-refractivity contribution in [1.82, 2.24) is 4.90 Å². The van der Waals surface area contributed by atoms with Crippen molar-refractivity contribution >= 4 is 0 Å². The summed E-state index contributed by atoms with van der Waals surface area (Å²) in [6.07, 6.45) is 0. The Bertz CT molecular complexity index is 95.4. The Morgan fingerprint density at radius 1 is 1.30 bits per heavy atom. The quantitative estimate of drug-likeness (QED) is 0.545. The Labute approximate surface area is 63.2 Å². The lowest BCUT2D eigenvalue weighted by Crippen LogP contribution is -2.49. The lowest BCUT2D eigenvalue weighted by Gasteiger charge is -2.37. The second kappa shape index (κ2) is 3.35. The van der Waals surface area contributed by atoms with Crippen molar-refractivity contribution in [2.45, 2.75) is 32.9 Å². The van der Waals surface area contributed by atoms with Crippen LogP contribution in [0.2, 0.25) is 0 Å². The molecular weight excluding hydrogens is 126 g/mol. The van der Waals surface area contributed by atoms with Gasteiger partial charge in [-0.05, 0) is 20.4 Å². The summed E-state index contributed by atoms with van der Waals surface area (Å²) in [5.41, 5.74) is 0. The molecule has 1 saturated heterocycles. The number of hydrogen-bond acceptors (Lipinski definition) is 2. The zero-order chi connectivity index (χ0) is 7.56. The van der Waals surface area contributed by atoms with Crippen molar-refractivity contribution in [2.24, 2.45) is 0 Å². The van der Waals surface area contributed by atoms with Crippen LogP contribution in [0, 0.1) is 0 Å². The summed E-state index contributed by atoms with van der Waals surface area (Å²) in [6, 6.07) is 1.21. The van der Waals surface area contributed by atoms with Gasteiger partial charge in [0.15, 0.2) is 0 Å². The lowest BCUT2D eigenvalue weighted by molar-refractivity contribution is -0.0338. The summed E-state index contributed by atoms with van der Waals surface area (Å²) < 4.78 is 5.38. The highest BCUT2D eigenvalue weighted by molar-refractivity contribution is 4.75. The Balaban J connectivity index is 2.45. The SMILES string of the molecule is CCN1[C@H](C)COC[C@@H]1C. The minimum atomic E-state index is 0.605.